The predicted octanol–water partition coefficient (Wildman–Crippen LogP) is 20.4. The van der Waals surface area contributed by atoms with E-state index in [0.29, 0.717) is 107 Å². The molecule has 5 aromatic heterocycles. The van der Waals surface area contributed by atoms with Crippen LogP contribution in [0, 0.1) is 7.14 Å². The van der Waals surface area contributed by atoms with Gasteiger partial charge < -0.3 is 72.1 Å². The van der Waals surface area contributed by atoms with E-state index in [1.165, 1.54) is 68.2 Å². The number of benzene rings is 5. The van der Waals surface area contributed by atoms with Crippen molar-refractivity contribution in [3.05, 3.63) is 260 Å². The Balaban J connectivity index is 0.000000129. The number of hydrogen-bond acceptors (Lipinski definition) is 19. The Kier molecular flexibility index (Phi) is 32.0. The summed E-state index contributed by atoms with van der Waals surface area (Å²) in [7, 11) is 4.98. The number of methoxy groups -OCH3 is 3. The van der Waals surface area contributed by atoms with E-state index in [9.17, 15) is 4.79 Å². The van der Waals surface area contributed by atoms with Crippen LogP contribution < -0.4 is 58.5 Å². The number of pyridine rings is 5. The van der Waals surface area contributed by atoms with Gasteiger partial charge in [0.15, 0.2) is 0 Å². The van der Waals surface area contributed by atoms with Crippen LogP contribution in [0.4, 0.5) is 28.7 Å². The lowest BCUT2D eigenvalue weighted by Crippen LogP contribution is -2.43. The molecule has 26 heteroatoms. The Bertz CT molecular complexity index is 4820. The first-order valence-corrected chi connectivity index (χ1v) is 45.0. The number of aromatic nitrogens is 5. The van der Waals surface area contributed by atoms with Crippen molar-refractivity contribution in [1.82, 2.24) is 24.9 Å². The molecular formula is C93H104Cl4I2N10O10. The SMILES string of the molecule is COc1ccc(COc2cc(I)cc(Cl)n2)cc1.COc1ccc(COc2cc(N3CC4CCC(C3)O4)cc(Cl)n2)cc1.COc1ccc(COc2cc(N3CC4CCC(C3)O4)cc(N3CCCCC[C@@H]3Cc3ccccc3)n2)cc1.Clc1cc(I)cc(Cl)n1.O=c1cc(N2CC3CCC(C2)O3)cc(N2CCCCC[C@@H]2Cc2ccccc2)[nH]1. The lowest BCUT2D eigenvalue weighted by atomic mass is 10.0. The molecule has 0 spiro atoms. The van der Waals surface area contributed by atoms with Crippen molar-refractivity contribution < 1.29 is 42.6 Å². The highest BCUT2D eigenvalue weighted by atomic mass is 127. The average Bonchev–Trinajstić information content (AvgIpc) is 1.78. The van der Waals surface area contributed by atoms with E-state index in [1.807, 2.05) is 91.0 Å². The fraction of sp³-hybridized carbons (Fsp3) is 0.409. The minimum absolute atomic E-state index is 0.000883. The maximum atomic E-state index is 12.6. The zero-order valence-corrected chi connectivity index (χ0v) is 74.9. The van der Waals surface area contributed by atoms with Crippen LogP contribution in [-0.4, -0.2) is 147 Å². The summed E-state index contributed by atoms with van der Waals surface area (Å²) in [6, 6.07) is 65.4. The molecule has 628 valence electrons. The molecule has 0 aliphatic carbocycles. The van der Waals surface area contributed by atoms with Gasteiger partial charge >= 0.3 is 0 Å². The van der Waals surface area contributed by atoms with E-state index in [-0.39, 0.29) is 5.56 Å². The summed E-state index contributed by atoms with van der Waals surface area (Å²) in [5, 5.41) is 1.76. The number of hydrogen-bond donors (Lipinski definition) is 1. The highest BCUT2D eigenvalue weighted by molar-refractivity contribution is 14.1. The van der Waals surface area contributed by atoms with Gasteiger partial charge in [-0.15, -0.1) is 0 Å². The molecule has 10 aromatic rings. The van der Waals surface area contributed by atoms with E-state index in [4.69, 9.17) is 94.0 Å². The third-order valence-corrected chi connectivity index (χ3v) is 24.7. The van der Waals surface area contributed by atoms with Crippen LogP contribution in [0.2, 0.25) is 20.6 Å². The number of H-pyrrole nitrogens is 1. The lowest BCUT2D eigenvalue weighted by molar-refractivity contribution is 0.0302. The third-order valence-electron chi connectivity index (χ3n) is 22.7. The number of rotatable bonds is 21. The normalized spacial score (nSPS) is 20.9. The Labute approximate surface area is 746 Å². The molecule has 0 radical (unpaired) electrons. The molecule has 6 unspecified atom stereocenters. The number of halogens is 6. The zero-order valence-electron chi connectivity index (χ0n) is 67.6. The quantitative estimate of drug-likeness (QED) is 0.0529. The van der Waals surface area contributed by atoms with Crippen LogP contribution in [0.3, 0.4) is 0 Å². The van der Waals surface area contributed by atoms with Gasteiger partial charge in [-0.1, -0.05) is 169 Å². The first kappa shape index (κ1) is 87.3. The zero-order chi connectivity index (χ0) is 82.4. The van der Waals surface area contributed by atoms with Crippen LogP contribution in [0.5, 0.6) is 34.9 Å². The van der Waals surface area contributed by atoms with E-state index >= 15 is 0 Å². The van der Waals surface area contributed by atoms with Gasteiger partial charge in [0, 0.05) is 125 Å². The van der Waals surface area contributed by atoms with Crippen molar-refractivity contribution >= 4 is 120 Å². The van der Waals surface area contributed by atoms with Gasteiger partial charge in [-0.3, -0.25) is 4.79 Å². The predicted molar refractivity (Wildman–Crippen MR) is 491 cm³/mol. The van der Waals surface area contributed by atoms with Crippen molar-refractivity contribution in [3.63, 3.8) is 0 Å². The Hall–Kier alpha value is -8.05. The number of ether oxygens (including phenoxy) is 9. The largest absolute Gasteiger partial charge is 0.497 e. The maximum absolute atomic E-state index is 12.6. The van der Waals surface area contributed by atoms with Crippen LogP contribution in [0.25, 0.3) is 0 Å². The molecule has 5 aromatic carbocycles. The first-order chi connectivity index (χ1) is 58.0. The summed E-state index contributed by atoms with van der Waals surface area (Å²) >= 11 is 27.5. The van der Waals surface area contributed by atoms with Gasteiger partial charge in [-0.05, 0) is 211 Å². The molecule has 8 fully saturated rings. The van der Waals surface area contributed by atoms with Crippen LogP contribution in [0.15, 0.2) is 199 Å². The molecule has 8 atom stereocenters. The third kappa shape index (κ3) is 26.0. The van der Waals surface area contributed by atoms with Gasteiger partial charge in [0.05, 0.1) is 58.0 Å². The van der Waals surface area contributed by atoms with E-state index in [1.54, 1.807) is 45.6 Å². The summed E-state index contributed by atoms with van der Waals surface area (Å²) < 4.78 is 53.4. The summed E-state index contributed by atoms with van der Waals surface area (Å²) in [5.74, 6) is 6.28. The Morgan fingerprint density at radius 2 is 0.739 bits per heavy atom. The van der Waals surface area contributed by atoms with Crippen LogP contribution in [-0.2, 0) is 46.9 Å². The number of fused-ring (bicyclic) bond motifs is 6. The molecule has 20 nitrogen and oxygen atoms in total. The van der Waals surface area contributed by atoms with Gasteiger partial charge in [-0.25, -0.2) is 15.0 Å². The molecule has 8 aliphatic heterocycles. The van der Waals surface area contributed by atoms with Crippen molar-refractivity contribution in [1.29, 1.82) is 0 Å². The molecule has 1 N–H and O–H groups in total. The average molecular weight is 1920 g/mol. The number of aromatic amines is 1. The van der Waals surface area contributed by atoms with Gasteiger partial charge in [0.2, 0.25) is 17.6 Å². The van der Waals surface area contributed by atoms with Crippen LogP contribution in [0.1, 0.15) is 118 Å². The summed E-state index contributed by atoms with van der Waals surface area (Å²) in [6.07, 6.45) is 20.7. The second kappa shape index (κ2) is 43.6. The molecule has 13 heterocycles. The maximum Gasteiger partial charge on any atom is 0.251 e. The number of morpholine rings is 3. The standard InChI is InChI=1S/C32H39N3O3.C24H31N3O2.C19H21ClN2O3.C13H11ClINO2.C5H2Cl2IN/c1-36-28-13-11-25(12-14-28)23-37-32-20-27(34-21-29-15-16-30(22-34)38-29)19-31(33-32)35-17-7-3-6-10-26(35)18-24-8-4-2-5-9-24;28-24-15-20(26-16-21-10-11-22(17-26)29-21)14-23(25-24)27-12-6-2-5-9-19(27)13-18-7-3-1-4-8-18;1-23-15-4-2-13(3-5-15)12-24-19-9-14(8-18(20)21-19)22-10-16-6-7-17(11-22)25-16;1-17-11-4-2-9(3-5-11)8-18-13-7-10(15)6-12(14)16-13;6-4-1-3(8)2-5(7)9-4/h2,4-5,8-9,11-14,19-20,26,29-30H,3,6-7,10,15-18,21-23H2,1H3;1,3-4,7-8,14-15,19,21-22H,2,5-6,9-13,16-17H2,(H,25,28);2-5,8-9,16-17H,6-7,10-12H2,1H3;2-7H,8H2,1H3;1-2H/t26-,29?,30?;19-,21?,22?;;;/m11.../s1. The monoisotopic (exact) mass is 1910 g/mol. The van der Waals surface area contributed by atoms with Crippen molar-refractivity contribution in [2.75, 3.05) is 98.2 Å². The van der Waals surface area contributed by atoms with Crippen molar-refractivity contribution in [2.24, 2.45) is 0 Å². The topological polar surface area (TPSA) is 184 Å². The molecule has 0 amide bonds. The van der Waals surface area contributed by atoms with E-state index < -0.39 is 0 Å². The highest BCUT2D eigenvalue weighted by Gasteiger charge is 2.38. The number of nitrogens with one attached hydrogen (secondary N) is 1. The fourth-order valence-corrected chi connectivity index (χ4v) is 19.2. The van der Waals surface area contributed by atoms with Crippen molar-refractivity contribution in [2.45, 2.75) is 171 Å². The lowest BCUT2D eigenvalue weighted by Gasteiger charge is -2.36. The van der Waals surface area contributed by atoms with Crippen molar-refractivity contribution in [3.8, 4) is 34.9 Å². The van der Waals surface area contributed by atoms with Crippen LogP contribution >= 0.6 is 91.6 Å². The number of nitrogens with zero attached hydrogens (tertiary/aromatic N) is 9. The fourth-order valence-electron chi connectivity index (χ4n) is 16.7. The Morgan fingerprint density at radius 3 is 1.15 bits per heavy atom. The van der Waals surface area contributed by atoms with E-state index in [2.05, 4.69) is 168 Å². The van der Waals surface area contributed by atoms with Gasteiger partial charge in [0.1, 0.15) is 69.3 Å². The smallest absolute Gasteiger partial charge is 0.251 e. The summed E-state index contributed by atoms with van der Waals surface area (Å²) in [4.78, 5) is 45.2. The first-order valence-electron chi connectivity index (χ1n) is 41.4. The van der Waals surface area contributed by atoms with Gasteiger partial charge in [0.25, 0.3) is 5.56 Å². The second-order valence-electron chi connectivity index (χ2n) is 31.2. The summed E-state index contributed by atoms with van der Waals surface area (Å²) in [5.41, 5.74) is 9.24. The minimum Gasteiger partial charge on any atom is -0.497 e. The molecule has 6 bridgehead atoms. The molecule has 0 saturated carbocycles. The molecule has 18 rings (SSSR count). The molecular weight excluding hydrogens is 1810 g/mol. The minimum atomic E-state index is -0.000883. The highest BCUT2D eigenvalue weighted by Crippen LogP contribution is 2.38. The molecule has 119 heavy (non-hydrogen) atoms. The Morgan fingerprint density at radius 1 is 0.378 bits per heavy atom. The second-order valence-corrected chi connectivity index (χ2v) is 35.3. The number of anilines is 5. The van der Waals surface area contributed by atoms with E-state index in [0.717, 1.165) is 168 Å². The molecule has 8 saturated heterocycles. The molecule has 8 aliphatic rings. The summed E-state index contributed by atoms with van der Waals surface area (Å²) in [6.45, 7) is 8.85. The van der Waals surface area contributed by atoms with Gasteiger partial charge in [-0.2, -0.15) is 4.98 Å².